The molecule has 2 rings (SSSR count). The molecule has 2 aromatic rings. The van der Waals surface area contributed by atoms with Crippen molar-refractivity contribution in [1.82, 2.24) is 15.3 Å². The van der Waals surface area contributed by atoms with Crippen LogP contribution in [-0.2, 0) is 6.42 Å². The lowest BCUT2D eigenvalue weighted by Gasteiger charge is -2.05. The van der Waals surface area contributed by atoms with Gasteiger partial charge in [0.2, 0.25) is 0 Å². The van der Waals surface area contributed by atoms with Crippen LogP contribution in [0.5, 0.6) is 0 Å². The van der Waals surface area contributed by atoms with Crippen molar-refractivity contribution in [3.63, 3.8) is 0 Å². The maximum absolute atomic E-state index is 11.8. The Labute approximate surface area is 120 Å². The van der Waals surface area contributed by atoms with Gasteiger partial charge in [-0.15, -0.1) is 0 Å². The topological polar surface area (TPSA) is 54.9 Å². The number of nitrogens with one attached hydrogen (secondary N) is 1. The molecule has 2 aromatic heterocycles. The van der Waals surface area contributed by atoms with E-state index in [2.05, 4.69) is 15.3 Å². The SMILES string of the molecule is O=C(NCCc1ccccn1)c1cnc(Cl)c(Cl)c1. The van der Waals surface area contributed by atoms with E-state index in [0.717, 1.165) is 5.69 Å². The molecule has 0 aromatic carbocycles. The minimum atomic E-state index is -0.234. The summed E-state index contributed by atoms with van der Waals surface area (Å²) in [6.45, 7) is 0.496. The summed E-state index contributed by atoms with van der Waals surface area (Å²) in [7, 11) is 0. The molecule has 0 radical (unpaired) electrons. The van der Waals surface area contributed by atoms with E-state index in [-0.39, 0.29) is 16.1 Å². The molecule has 4 nitrogen and oxygen atoms in total. The highest BCUT2D eigenvalue weighted by molar-refractivity contribution is 6.41. The Hall–Kier alpha value is -1.65. The van der Waals surface area contributed by atoms with E-state index in [9.17, 15) is 4.79 Å². The van der Waals surface area contributed by atoms with Crippen LogP contribution in [0.25, 0.3) is 0 Å². The van der Waals surface area contributed by atoms with Gasteiger partial charge in [0.15, 0.2) is 0 Å². The van der Waals surface area contributed by atoms with Crippen LogP contribution in [0.4, 0.5) is 0 Å². The zero-order chi connectivity index (χ0) is 13.7. The monoisotopic (exact) mass is 295 g/mol. The van der Waals surface area contributed by atoms with Gasteiger partial charge in [0.1, 0.15) is 5.15 Å². The molecule has 0 aliphatic carbocycles. The van der Waals surface area contributed by atoms with E-state index in [1.54, 1.807) is 6.20 Å². The lowest BCUT2D eigenvalue weighted by atomic mass is 10.2. The Morgan fingerprint density at radius 2 is 2.11 bits per heavy atom. The van der Waals surface area contributed by atoms with Crippen molar-refractivity contribution in [3.8, 4) is 0 Å². The van der Waals surface area contributed by atoms with Gasteiger partial charge in [0, 0.05) is 31.1 Å². The summed E-state index contributed by atoms with van der Waals surface area (Å²) in [5.41, 5.74) is 1.31. The normalized spacial score (nSPS) is 10.2. The van der Waals surface area contributed by atoms with E-state index >= 15 is 0 Å². The lowest BCUT2D eigenvalue weighted by molar-refractivity contribution is 0.0953. The molecule has 1 amide bonds. The third-order valence-corrected chi connectivity index (χ3v) is 3.14. The second-order valence-electron chi connectivity index (χ2n) is 3.82. The second kappa shape index (κ2) is 6.50. The molecule has 19 heavy (non-hydrogen) atoms. The van der Waals surface area contributed by atoms with Gasteiger partial charge >= 0.3 is 0 Å². The number of rotatable bonds is 4. The molecule has 0 aliphatic heterocycles. The van der Waals surface area contributed by atoms with Crippen molar-refractivity contribution >= 4 is 29.1 Å². The fourth-order valence-corrected chi connectivity index (χ4v) is 1.77. The van der Waals surface area contributed by atoms with Crippen molar-refractivity contribution in [1.29, 1.82) is 0 Å². The first-order chi connectivity index (χ1) is 9.16. The van der Waals surface area contributed by atoms with E-state index in [1.807, 2.05) is 18.2 Å². The molecule has 0 bridgehead atoms. The molecule has 98 valence electrons. The largest absolute Gasteiger partial charge is 0.352 e. The summed E-state index contributed by atoms with van der Waals surface area (Å²) in [6.07, 6.45) is 3.78. The first-order valence-electron chi connectivity index (χ1n) is 5.66. The maximum Gasteiger partial charge on any atom is 0.252 e. The molecular formula is C13H11Cl2N3O. The minimum absolute atomic E-state index is 0.187. The summed E-state index contributed by atoms with van der Waals surface area (Å²) in [5.74, 6) is -0.234. The van der Waals surface area contributed by atoms with Crippen LogP contribution >= 0.6 is 23.2 Å². The third kappa shape index (κ3) is 3.91. The summed E-state index contributed by atoms with van der Waals surface area (Å²) >= 11 is 11.5. The van der Waals surface area contributed by atoms with Crippen LogP contribution in [0.2, 0.25) is 10.2 Å². The van der Waals surface area contributed by atoms with Crippen molar-refractivity contribution in [3.05, 3.63) is 58.1 Å². The first kappa shape index (κ1) is 13.8. The zero-order valence-corrected chi connectivity index (χ0v) is 11.4. The molecule has 2 heterocycles. The predicted octanol–water partition coefficient (Wildman–Crippen LogP) is 2.76. The highest BCUT2D eigenvalue weighted by Gasteiger charge is 2.08. The Morgan fingerprint density at radius 1 is 1.26 bits per heavy atom. The van der Waals surface area contributed by atoms with E-state index in [0.29, 0.717) is 18.5 Å². The van der Waals surface area contributed by atoms with Crippen LogP contribution in [0, 0.1) is 0 Å². The van der Waals surface area contributed by atoms with Crippen molar-refractivity contribution in [2.24, 2.45) is 0 Å². The molecule has 0 atom stereocenters. The summed E-state index contributed by atoms with van der Waals surface area (Å²) in [4.78, 5) is 19.8. The van der Waals surface area contributed by atoms with Crippen LogP contribution in [-0.4, -0.2) is 22.4 Å². The standard InChI is InChI=1S/C13H11Cl2N3O/c14-11-7-9(8-18-12(11)15)13(19)17-6-4-10-3-1-2-5-16-10/h1-3,5,7-8H,4,6H2,(H,17,19). The molecule has 0 aliphatic rings. The summed E-state index contributed by atoms with van der Waals surface area (Å²) < 4.78 is 0. The average molecular weight is 296 g/mol. The van der Waals surface area contributed by atoms with Gasteiger partial charge < -0.3 is 5.32 Å². The molecule has 0 unspecified atom stereocenters. The van der Waals surface area contributed by atoms with E-state index in [1.165, 1.54) is 12.3 Å². The van der Waals surface area contributed by atoms with Crippen LogP contribution < -0.4 is 5.32 Å². The quantitative estimate of drug-likeness (QED) is 0.883. The first-order valence-corrected chi connectivity index (χ1v) is 6.41. The molecule has 0 saturated heterocycles. The summed E-state index contributed by atoms with van der Waals surface area (Å²) in [5, 5.41) is 3.22. The summed E-state index contributed by atoms with van der Waals surface area (Å²) in [6, 6.07) is 7.16. The zero-order valence-electron chi connectivity index (χ0n) is 9.94. The number of amides is 1. The average Bonchev–Trinajstić information content (AvgIpc) is 2.43. The highest BCUT2D eigenvalue weighted by Crippen LogP contribution is 2.19. The number of carbonyl (C=O) groups excluding carboxylic acids is 1. The Balaban J connectivity index is 1.89. The van der Waals surface area contributed by atoms with Gasteiger partial charge in [-0.2, -0.15) is 0 Å². The number of nitrogens with zero attached hydrogens (tertiary/aromatic N) is 2. The van der Waals surface area contributed by atoms with E-state index < -0.39 is 0 Å². The lowest BCUT2D eigenvalue weighted by Crippen LogP contribution is -2.26. The number of aromatic nitrogens is 2. The molecule has 1 N–H and O–H groups in total. The van der Waals surface area contributed by atoms with Gasteiger partial charge in [-0.25, -0.2) is 4.98 Å². The van der Waals surface area contributed by atoms with Crippen molar-refractivity contribution in [2.75, 3.05) is 6.54 Å². The number of halogens is 2. The highest BCUT2D eigenvalue weighted by atomic mass is 35.5. The van der Waals surface area contributed by atoms with Crippen molar-refractivity contribution in [2.45, 2.75) is 6.42 Å². The molecule has 0 saturated carbocycles. The van der Waals surface area contributed by atoms with E-state index in [4.69, 9.17) is 23.2 Å². The molecule has 6 heteroatoms. The smallest absolute Gasteiger partial charge is 0.252 e. The van der Waals surface area contributed by atoms with Gasteiger partial charge in [-0.05, 0) is 18.2 Å². The Morgan fingerprint density at radius 3 is 2.79 bits per heavy atom. The fourth-order valence-electron chi connectivity index (χ4n) is 1.50. The van der Waals surface area contributed by atoms with Crippen LogP contribution in [0.1, 0.15) is 16.1 Å². The number of carbonyl (C=O) groups is 1. The Bertz CT molecular complexity index is 575. The van der Waals surface area contributed by atoms with Gasteiger partial charge in [0.05, 0.1) is 10.6 Å². The van der Waals surface area contributed by atoms with Crippen LogP contribution in [0.3, 0.4) is 0 Å². The van der Waals surface area contributed by atoms with Gasteiger partial charge in [-0.1, -0.05) is 29.3 Å². The van der Waals surface area contributed by atoms with Gasteiger partial charge in [-0.3, -0.25) is 9.78 Å². The Kier molecular flexibility index (Phi) is 4.71. The fraction of sp³-hybridized carbons (Fsp3) is 0.154. The third-order valence-electron chi connectivity index (χ3n) is 2.45. The number of pyridine rings is 2. The number of hydrogen-bond donors (Lipinski definition) is 1. The molecule has 0 fully saturated rings. The van der Waals surface area contributed by atoms with Crippen LogP contribution in [0.15, 0.2) is 36.7 Å². The van der Waals surface area contributed by atoms with Gasteiger partial charge in [0.25, 0.3) is 5.91 Å². The second-order valence-corrected chi connectivity index (χ2v) is 4.59. The molecule has 0 spiro atoms. The number of hydrogen-bond acceptors (Lipinski definition) is 3. The molecular weight excluding hydrogens is 285 g/mol. The maximum atomic E-state index is 11.8. The predicted molar refractivity (Wildman–Crippen MR) is 74.5 cm³/mol. The minimum Gasteiger partial charge on any atom is -0.352 e. The van der Waals surface area contributed by atoms with Crippen molar-refractivity contribution < 1.29 is 4.79 Å².